The smallest absolute Gasteiger partial charge is 0.235 e. The largest absolute Gasteiger partial charge is 0.299 e. The van der Waals surface area contributed by atoms with E-state index in [1.54, 1.807) is 0 Å². The summed E-state index contributed by atoms with van der Waals surface area (Å²) >= 11 is 1.26. The van der Waals surface area contributed by atoms with Crippen LogP contribution in [0.25, 0.3) is 11.3 Å². The van der Waals surface area contributed by atoms with E-state index in [4.69, 9.17) is 0 Å². The Hall–Kier alpha value is -1.73. The number of benzene rings is 1. The second-order valence-electron chi connectivity index (χ2n) is 7.93. The van der Waals surface area contributed by atoms with Crippen LogP contribution in [0.5, 0.6) is 0 Å². The first-order valence-corrected chi connectivity index (χ1v) is 11.3. The summed E-state index contributed by atoms with van der Waals surface area (Å²) in [5.41, 5.74) is 0.656. The number of hydrogen-bond acceptors (Lipinski definition) is 5. The number of hydrogen-bond donors (Lipinski definition) is 1. The number of fused-ring (bicyclic) bond motifs is 2. The van der Waals surface area contributed by atoms with Gasteiger partial charge in [0.25, 0.3) is 0 Å². The van der Waals surface area contributed by atoms with Gasteiger partial charge >= 0.3 is 0 Å². The van der Waals surface area contributed by atoms with Crippen molar-refractivity contribution in [2.24, 2.45) is 16.7 Å². The average molecular weight is 391 g/mol. The summed E-state index contributed by atoms with van der Waals surface area (Å²) in [5, 5.41) is 2.18. The summed E-state index contributed by atoms with van der Waals surface area (Å²) in [5.74, 6) is 0.255. The van der Waals surface area contributed by atoms with Crippen molar-refractivity contribution in [3.63, 3.8) is 0 Å². The molecule has 0 spiro atoms. The summed E-state index contributed by atoms with van der Waals surface area (Å²) in [7, 11) is -3.66. The second-order valence-corrected chi connectivity index (χ2v) is 10.5. The lowest BCUT2D eigenvalue weighted by molar-refractivity contribution is -0.128. The van der Waals surface area contributed by atoms with Gasteiger partial charge in [-0.2, -0.15) is 0 Å². The SMILES string of the molecule is CC1(C)[C@@H]2CC[C@]1(CS(=O)(=O)Nc1nc(-c3ccccc3)cs1)C(=O)C2. The van der Waals surface area contributed by atoms with E-state index in [1.807, 2.05) is 49.6 Å². The van der Waals surface area contributed by atoms with Crippen molar-refractivity contribution in [2.45, 2.75) is 33.1 Å². The van der Waals surface area contributed by atoms with E-state index in [1.165, 1.54) is 11.3 Å². The van der Waals surface area contributed by atoms with Gasteiger partial charge in [-0.05, 0) is 24.2 Å². The van der Waals surface area contributed by atoms with Gasteiger partial charge < -0.3 is 0 Å². The van der Waals surface area contributed by atoms with Gasteiger partial charge in [0.2, 0.25) is 10.0 Å². The van der Waals surface area contributed by atoms with Crippen LogP contribution in [0.4, 0.5) is 5.13 Å². The lowest BCUT2D eigenvalue weighted by Gasteiger charge is -2.36. The number of carbonyl (C=O) groups is 1. The number of nitrogens with zero attached hydrogens (tertiary/aromatic N) is 1. The highest BCUT2D eigenvalue weighted by atomic mass is 32.2. The predicted octanol–water partition coefficient (Wildman–Crippen LogP) is 3.95. The van der Waals surface area contributed by atoms with Gasteiger partial charge in [0.15, 0.2) is 5.13 Å². The van der Waals surface area contributed by atoms with Crippen LogP contribution in [-0.4, -0.2) is 24.9 Å². The van der Waals surface area contributed by atoms with Crippen LogP contribution in [0, 0.1) is 16.7 Å². The van der Waals surface area contributed by atoms with E-state index in [9.17, 15) is 13.2 Å². The zero-order valence-corrected chi connectivity index (χ0v) is 16.5. The first-order chi connectivity index (χ1) is 12.2. The molecule has 2 aliphatic carbocycles. The van der Waals surface area contributed by atoms with E-state index in [0.29, 0.717) is 23.9 Å². The molecule has 2 aliphatic rings. The molecule has 2 bridgehead atoms. The highest BCUT2D eigenvalue weighted by Crippen LogP contribution is 2.64. The Morgan fingerprint density at radius 3 is 2.62 bits per heavy atom. The number of ketones is 1. The number of Topliss-reactive ketones (excluding diaryl/α,β-unsaturated/α-hetero) is 1. The fraction of sp³-hybridized carbons (Fsp3) is 0.474. The number of carbonyl (C=O) groups excluding carboxylic acids is 1. The third kappa shape index (κ3) is 2.68. The van der Waals surface area contributed by atoms with Gasteiger partial charge in [-0.3, -0.25) is 9.52 Å². The summed E-state index contributed by atoms with van der Waals surface area (Å²) in [6, 6.07) is 9.63. The van der Waals surface area contributed by atoms with E-state index < -0.39 is 15.4 Å². The average Bonchev–Trinajstić information content (AvgIpc) is 3.18. The Morgan fingerprint density at radius 2 is 2.00 bits per heavy atom. The molecular formula is C19H22N2O3S2. The molecule has 0 radical (unpaired) electrons. The Balaban J connectivity index is 1.55. The van der Waals surface area contributed by atoms with Gasteiger partial charge in [0.1, 0.15) is 5.78 Å². The first kappa shape index (κ1) is 17.7. The van der Waals surface area contributed by atoms with Crippen LogP contribution in [-0.2, 0) is 14.8 Å². The van der Waals surface area contributed by atoms with E-state index in [0.717, 1.165) is 17.7 Å². The molecule has 0 aliphatic heterocycles. The van der Waals surface area contributed by atoms with E-state index in [2.05, 4.69) is 9.71 Å². The number of sulfonamides is 1. The van der Waals surface area contributed by atoms with Gasteiger partial charge in [0, 0.05) is 17.4 Å². The van der Waals surface area contributed by atoms with Gasteiger partial charge in [0.05, 0.1) is 16.9 Å². The number of rotatable bonds is 5. The molecule has 4 rings (SSSR count). The van der Waals surface area contributed by atoms with Crippen molar-refractivity contribution in [1.82, 2.24) is 4.98 Å². The van der Waals surface area contributed by atoms with Gasteiger partial charge in [-0.15, -0.1) is 11.3 Å². The molecule has 1 aromatic heterocycles. The van der Waals surface area contributed by atoms with Crippen molar-refractivity contribution < 1.29 is 13.2 Å². The summed E-state index contributed by atoms with van der Waals surface area (Å²) in [4.78, 5) is 17.0. The maximum Gasteiger partial charge on any atom is 0.235 e. The minimum absolute atomic E-state index is 0.105. The molecule has 2 saturated carbocycles. The number of thiazole rings is 1. The standard InChI is InChI=1S/C19H22N2O3S2/c1-18(2)14-8-9-19(18,16(22)10-14)12-26(23,24)21-17-20-15(11-25-17)13-6-4-3-5-7-13/h3-7,11,14H,8-10,12H2,1-2H3,(H,20,21)/t14-,19+/m1/s1. The molecule has 0 saturated heterocycles. The van der Waals surface area contributed by atoms with Crippen LogP contribution in [0.1, 0.15) is 33.1 Å². The van der Waals surface area contributed by atoms with Crippen LogP contribution in [0.3, 0.4) is 0 Å². The predicted molar refractivity (Wildman–Crippen MR) is 104 cm³/mol. The zero-order chi connectivity index (χ0) is 18.6. The molecule has 5 nitrogen and oxygen atoms in total. The molecule has 26 heavy (non-hydrogen) atoms. The van der Waals surface area contributed by atoms with Gasteiger partial charge in [-0.1, -0.05) is 44.2 Å². The quantitative estimate of drug-likeness (QED) is 0.839. The third-order valence-electron chi connectivity index (χ3n) is 6.39. The van der Waals surface area contributed by atoms with Crippen molar-refractivity contribution >= 4 is 32.3 Å². The summed E-state index contributed by atoms with van der Waals surface area (Å²) < 4.78 is 28.2. The second kappa shape index (κ2) is 5.89. The molecule has 1 N–H and O–H groups in total. The summed E-state index contributed by atoms with van der Waals surface area (Å²) in [6.07, 6.45) is 2.11. The van der Waals surface area contributed by atoms with Gasteiger partial charge in [-0.25, -0.2) is 13.4 Å². The number of aromatic nitrogens is 1. The van der Waals surface area contributed by atoms with E-state index >= 15 is 0 Å². The molecule has 138 valence electrons. The highest BCUT2D eigenvalue weighted by molar-refractivity contribution is 7.92. The number of anilines is 1. The monoisotopic (exact) mass is 390 g/mol. The normalized spacial score (nSPS) is 27.0. The topological polar surface area (TPSA) is 76.1 Å². The molecule has 2 fully saturated rings. The third-order valence-corrected chi connectivity index (χ3v) is 8.66. The molecular weight excluding hydrogens is 368 g/mol. The molecule has 2 atom stereocenters. The Kier molecular flexibility index (Phi) is 4.00. The lowest BCUT2D eigenvalue weighted by Crippen LogP contribution is -2.43. The maximum atomic E-state index is 12.8. The van der Waals surface area contributed by atoms with Crippen molar-refractivity contribution in [1.29, 1.82) is 0 Å². The van der Waals surface area contributed by atoms with Crippen LogP contribution >= 0.6 is 11.3 Å². The fourth-order valence-corrected chi connectivity index (χ4v) is 7.51. The Morgan fingerprint density at radius 1 is 1.27 bits per heavy atom. The Bertz CT molecular complexity index is 950. The maximum absolute atomic E-state index is 12.8. The van der Waals surface area contributed by atoms with Crippen LogP contribution in [0.15, 0.2) is 35.7 Å². The molecule has 1 heterocycles. The molecule has 7 heteroatoms. The lowest BCUT2D eigenvalue weighted by atomic mass is 9.70. The summed E-state index contributed by atoms with van der Waals surface area (Å²) in [6.45, 7) is 4.09. The van der Waals surface area contributed by atoms with Crippen LogP contribution < -0.4 is 4.72 Å². The molecule has 1 aromatic carbocycles. The van der Waals surface area contributed by atoms with Crippen molar-refractivity contribution in [3.8, 4) is 11.3 Å². The van der Waals surface area contributed by atoms with Crippen LogP contribution in [0.2, 0.25) is 0 Å². The minimum Gasteiger partial charge on any atom is -0.299 e. The number of nitrogens with one attached hydrogen (secondary N) is 1. The molecule has 2 aromatic rings. The van der Waals surface area contributed by atoms with Crippen molar-refractivity contribution in [2.75, 3.05) is 10.5 Å². The highest BCUT2D eigenvalue weighted by Gasteiger charge is 2.65. The molecule has 0 unspecified atom stereocenters. The Labute approximate surface area is 157 Å². The van der Waals surface area contributed by atoms with E-state index in [-0.39, 0.29) is 17.0 Å². The molecule has 0 amide bonds. The van der Waals surface area contributed by atoms with Crippen molar-refractivity contribution in [3.05, 3.63) is 35.7 Å². The first-order valence-electron chi connectivity index (χ1n) is 8.78. The minimum atomic E-state index is -3.66. The fourth-order valence-electron chi connectivity index (χ4n) is 4.66. The zero-order valence-electron chi connectivity index (χ0n) is 14.9.